The molecule has 0 bridgehead atoms. The lowest BCUT2D eigenvalue weighted by Gasteiger charge is -2.06. The first kappa shape index (κ1) is 13.8. The van der Waals surface area contributed by atoms with Crippen molar-refractivity contribution in [3.8, 4) is 5.75 Å². The molecule has 0 aliphatic heterocycles. The van der Waals surface area contributed by atoms with E-state index in [0.717, 1.165) is 21.3 Å². The predicted octanol–water partition coefficient (Wildman–Crippen LogP) is 4.96. The smallest absolute Gasteiger partial charge is 0.343 e. The van der Waals surface area contributed by atoms with Crippen molar-refractivity contribution in [1.29, 1.82) is 0 Å². The standard InChI is InChI=1S/C17H10BrFO2/c18-14-6-4-12-10-16(7-5-11(12)8-14)21-17(20)13-2-1-3-15(19)9-13/h1-10H. The number of carbonyl (C=O) groups excluding carboxylic acids is 1. The second kappa shape index (κ2) is 5.66. The molecule has 104 valence electrons. The van der Waals surface area contributed by atoms with Gasteiger partial charge in [0, 0.05) is 4.47 Å². The summed E-state index contributed by atoms with van der Waals surface area (Å²) in [5, 5.41) is 2.00. The van der Waals surface area contributed by atoms with Gasteiger partial charge in [-0.1, -0.05) is 34.1 Å². The quantitative estimate of drug-likeness (QED) is 0.485. The third-order valence-corrected chi connectivity index (χ3v) is 3.54. The zero-order chi connectivity index (χ0) is 14.8. The van der Waals surface area contributed by atoms with Crippen molar-refractivity contribution >= 4 is 32.7 Å². The summed E-state index contributed by atoms with van der Waals surface area (Å²) >= 11 is 3.41. The Labute approximate surface area is 129 Å². The molecule has 3 rings (SSSR count). The predicted molar refractivity (Wildman–Crippen MR) is 83.0 cm³/mol. The molecule has 0 aliphatic rings. The fourth-order valence-electron chi connectivity index (χ4n) is 2.04. The molecule has 0 unspecified atom stereocenters. The van der Waals surface area contributed by atoms with Crippen molar-refractivity contribution in [2.24, 2.45) is 0 Å². The van der Waals surface area contributed by atoms with Crippen LogP contribution in [0.3, 0.4) is 0 Å². The molecule has 0 N–H and O–H groups in total. The van der Waals surface area contributed by atoms with Gasteiger partial charge in [0.1, 0.15) is 11.6 Å². The van der Waals surface area contributed by atoms with E-state index in [1.807, 2.05) is 24.3 Å². The molecule has 2 nitrogen and oxygen atoms in total. The van der Waals surface area contributed by atoms with E-state index in [-0.39, 0.29) is 5.56 Å². The SMILES string of the molecule is O=C(Oc1ccc2cc(Br)ccc2c1)c1cccc(F)c1. The lowest BCUT2D eigenvalue weighted by molar-refractivity contribution is 0.0734. The Balaban J connectivity index is 1.87. The second-order valence-corrected chi connectivity index (χ2v) is 5.47. The van der Waals surface area contributed by atoms with Crippen LogP contribution < -0.4 is 4.74 Å². The molecule has 4 heteroatoms. The highest BCUT2D eigenvalue weighted by Crippen LogP contribution is 2.24. The third-order valence-electron chi connectivity index (χ3n) is 3.04. The highest BCUT2D eigenvalue weighted by atomic mass is 79.9. The average molecular weight is 345 g/mol. The van der Waals surface area contributed by atoms with Crippen molar-refractivity contribution < 1.29 is 13.9 Å². The number of benzene rings is 3. The van der Waals surface area contributed by atoms with Crippen LogP contribution in [-0.4, -0.2) is 5.97 Å². The maximum Gasteiger partial charge on any atom is 0.343 e. The zero-order valence-electron chi connectivity index (χ0n) is 10.8. The van der Waals surface area contributed by atoms with Gasteiger partial charge in [-0.05, 0) is 53.2 Å². The molecule has 0 atom stereocenters. The van der Waals surface area contributed by atoms with Crippen molar-refractivity contribution in [3.63, 3.8) is 0 Å². The maximum atomic E-state index is 13.1. The van der Waals surface area contributed by atoms with E-state index in [1.165, 1.54) is 18.2 Å². The van der Waals surface area contributed by atoms with Crippen LogP contribution in [0.2, 0.25) is 0 Å². The van der Waals surface area contributed by atoms with Crippen LogP contribution in [0, 0.1) is 5.82 Å². The summed E-state index contributed by atoms with van der Waals surface area (Å²) in [6, 6.07) is 16.6. The summed E-state index contributed by atoms with van der Waals surface area (Å²) in [6.45, 7) is 0. The zero-order valence-corrected chi connectivity index (χ0v) is 12.4. The van der Waals surface area contributed by atoms with E-state index in [1.54, 1.807) is 12.1 Å². The van der Waals surface area contributed by atoms with E-state index in [0.29, 0.717) is 5.75 Å². The van der Waals surface area contributed by atoms with Crippen molar-refractivity contribution in [3.05, 3.63) is 76.5 Å². The van der Waals surface area contributed by atoms with Crippen molar-refractivity contribution in [2.75, 3.05) is 0 Å². The van der Waals surface area contributed by atoms with E-state index in [2.05, 4.69) is 15.9 Å². The van der Waals surface area contributed by atoms with Crippen LogP contribution >= 0.6 is 15.9 Å². The Kier molecular flexibility index (Phi) is 3.71. The van der Waals surface area contributed by atoms with Crippen LogP contribution in [0.25, 0.3) is 10.8 Å². The molecule has 0 saturated heterocycles. The summed E-state index contributed by atoms with van der Waals surface area (Å²) < 4.78 is 19.4. The fraction of sp³-hybridized carbons (Fsp3) is 0. The fourth-order valence-corrected chi connectivity index (χ4v) is 2.42. The minimum atomic E-state index is -0.578. The molecular weight excluding hydrogens is 335 g/mol. The molecule has 0 radical (unpaired) electrons. The molecule has 3 aromatic rings. The molecular formula is C17H10BrFO2. The maximum absolute atomic E-state index is 13.1. The Morgan fingerprint density at radius 1 is 0.952 bits per heavy atom. The number of esters is 1. The number of halogens is 2. The highest BCUT2D eigenvalue weighted by Gasteiger charge is 2.09. The van der Waals surface area contributed by atoms with Crippen LogP contribution in [0.5, 0.6) is 5.75 Å². The summed E-state index contributed by atoms with van der Waals surface area (Å²) in [5.41, 5.74) is 0.186. The van der Waals surface area contributed by atoms with Crippen molar-refractivity contribution in [1.82, 2.24) is 0 Å². The number of ether oxygens (including phenoxy) is 1. The van der Waals surface area contributed by atoms with E-state index in [9.17, 15) is 9.18 Å². The second-order valence-electron chi connectivity index (χ2n) is 4.55. The minimum Gasteiger partial charge on any atom is -0.423 e. The molecule has 0 aliphatic carbocycles. The van der Waals surface area contributed by atoms with Gasteiger partial charge in [0.05, 0.1) is 5.56 Å². The first-order valence-corrected chi connectivity index (χ1v) is 7.08. The lowest BCUT2D eigenvalue weighted by atomic mass is 10.1. The van der Waals surface area contributed by atoms with Gasteiger partial charge in [-0.25, -0.2) is 9.18 Å². The monoisotopic (exact) mass is 344 g/mol. The lowest BCUT2D eigenvalue weighted by Crippen LogP contribution is -2.08. The van der Waals surface area contributed by atoms with Gasteiger partial charge in [-0.2, -0.15) is 0 Å². The van der Waals surface area contributed by atoms with E-state index in [4.69, 9.17) is 4.74 Å². The normalized spacial score (nSPS) is 10.6. The molecule has 0 spiro atoms. The van der Waals surface area contributed by atoms with E-state index < -0.39 is 11.8 Å². The van der Waals surface area contributed by atoms with Gasteiger partial charge in [-0.3, -0.25) is 0 Å². The number of rotatable bonds is 2. The van der Waals surface area contributed by atoms with Crippen LogP contribution in [0.15, 0.2) is 65.1 Å². The van der Waals surface area contributed by atoms with Gasteiger partial charge in [0.2, 0.25) is 0 Å². The topological polar surface area (TPSA) is 26.3 Å². The Bertz CT molecular complexity index is 830. The first-order valence-electron chi connectivity index (χ1n) is 6.29. The number of fused-ring (bicyclic) bond motifs is 1. The molecule has 0 saturated carbocycles. The van der Waals surface area contributed by atoms with Crippen LogP contribution in [0.1, 0.15) is 10.4 Å². The van der Waals surface area contributed by atoms with Gasteiger partial charge in [-0.15, -0.1) is 0 Å². The Hall–Kier alpha value is -2.20. The number of carbonyl (C=O) groups is 1. The van der Waals surface area contributed by atoms with Gasteiger partial charge >= 0.3 is 5.97 Å². The molecule has 0 aromatic heterocycles. The molecule has 3 aromatic carbocycles. The molecule has 0 heterocycles. The molecule has 0 fully saturated rings. The van der Waals surface area contributed by atoms with Gasteiger partial charge < -0.3 is 4.74 Å². The average Bonchev–Trinajstić information content (AvgIpc) is 2.47. The third kappa shape index (κ3) is 3.11. The van der Waals surface area contributed by atoms with Gasteiger partial charge in [0.25, 0.3) is 0 Å². The Morgan fingerprint density at radius 3 is 2.52 bits per heavy atom. The van der Waals surface area contributed by atoms with Gasteiger partial charge in [0.15, 0.2) is 0 Å². The number of hydrogen-bond donors (Lipinski definition) is 0. The Morgan fingerprint density at radius 2 is 1.71 bits per heavy atom. The molecule has 0 amide bonds. The highest BCUT2D eigenvalue weighted by molar-refractivity contribution is 9.10. The summed E-state index contributed by atoms with van der Waals surface area (Å²) in [5.74, 6) is -0.613. The van der Waals surface area contributed by atoms with Crippen LogP contribution in [0.4, 0.5) is 4.39 Å². The minimum absolute atomic E-state index is 0.186. The summed E-state index contributed by atoms with van der Waals surface area (Å²) in [4.78, 5) is 12.0. The largest absolute Gasteiger partial charge is 0.423 e. The van der Waals surface area contributed by atoms with Crippen LogP contribution in [-0.2, 0) is 0 Å². The summed E-state index contributed by atoms with van der Waals surface area (Å²) in [6.07, 6.45) is 0. The van der Waals surface area contributed by atoms with E-state index >= 15 is 0 Å². The molecule has 21 heavy (non-hydrogen) atoms. The summed E-state index contributed by atoms with van der Waals surface area (Å²) in [7, 11) is 0. The first-order chi connectivity index (χ1) is 10.1. The number of hydrogen-bond acceptors (Lipinski definition) is 2. The van der Waals surface area contributed by atoms with Crippen molar-refractivity contribution in [2.45, 2.75) is 0 Å².